The number of hydrogen-bond donors (Lipinski definition) is 2. The molecule has 1 aliphatic heterocycles. The number of fused-ring (bicyclic) bond motifs is 1. The van der Waals surface area contributed by atoms with Crippen LogP contribution in [0, 0.1) is 5.92 Å². The van der Waals surface area contributed by atoms with Gasteiger partial charge in [-0.1, -0.05) is 30.3 Å². The van der Waals surface area contributed by atoms with Crippen LogP contribution in [0.25, 0.3) is 10.9 Å². The summed E-state index contributed by atoms with van der Waals surface area (Å²) in [5.74, 6) is -2.59. The molecular formula is C31H31N3O8S. The van der Waals surface area contributed by atoms with Crippen LogP contribution in [-0.2, 0) is 20.9 Å². The minimum absolute atomic E-state index is 0.00385. The van der Waals surface area contributed by atoms with Crippen molar-refractivity contribution in [3.8, 4) is 5.75 Å². The van der Waals surface area contributed by atoms with Crippen LogP contribution in [0.3, 0.4) is 0 Å². The predicted molar refractivity (Wildman–Crippen MR) is 161 cm³/mol. The quantitative estimate of drug-likeness (QED) is 0.163. The van der Waals surface area contributed by atoms with Crippen LogP contribution in [0.15, 0.2) is 79.3 Å². The van der Waals surface area contributed by atoms with Crippen molar-refractivity contribution in [2.75, 3.05) is 16.6 Å². The van der Waals surface area contributed by atoms with E-state index in [1.54, 1.807) is 36.6 Å². The maximum Gasteiger partial charge on any atom is 0.419 e. The summed E-state index contributed by atoms with van der Waals surface area (Å²) in [5, 5.41) is 15.5. The molecule has 2 aromatic heterocycles. The first-order valence-corrected chi connectivity index (χ1v) is 14.2. The summed E-state index contributed by atoms with van der Waals surface area (Å²) in [7, 11) is 0. The number of carbonyl (C=O) groups excluding carboxylic acids is 2. The van der Waals surface area contributed by atoms with Crippen molar-refractivity contribution >= 4 is 52.4 Å². The summed E-state index contributed by atoms with van der Waals surface area (Å²) < 4.78 is 15.2. The number of rotatable bonds is 6. The molecule has 1 saturated heterocycles. The molecule has 4 aromatic rings. The summed E-state index contributed by atoms with van der Waals surface area (Å²) in [4.78, 5) is 49.2. The van der Waals surface area contributed by atoms with E-state index in [2.05, 4.69) is 9.29 Å². The Balaban J connectivity index is 0.000000641. The number of carboxylic acids is 2. The average Bonchev–Trinajstić information content (AvgIpc) is 3.62. The van der Waals surface area contributed by atoms with Crippen LogP contribution in [0.5, 0.6) is 5.75 Å². The number of ketones is 1. The van der Waals surface area contributed by atoms with Crippen molar-refractivity contribution in [3.05, 3.63) is 90.4 Å². The molecular weight excluding hydrogens is 574 g/mol. The second-order valence-electron chi connectivity index (χ2n) is 10.6. The number of aromatic nitrogens is 2. The predicted octanol–water partition coefficient (Wildman–Crippen LogP) is 5.52. The fraction of sp³-hybridized carbons (Fsp3) is 0.258. The zero-order valence-corrected chi connectivity index (χ0v) is 24.6. The molecule has 0 aliphatic carbocycles. The first-order chi connectivity index (χ1) is 20.4. The van der Waals surface area contributed by atoms with Crippen molar-refractivity contribution in [3.63, 3.8) is 0 Å². The third-order valence-electron chi connectivity index (χ3n) is 6.19. The van der Waals surface area contributed by atoms with Crippen LogP contribution in [-0.4, -0.2) is 61.5 Å². The van der Waals surface area contributed by atoms with Crippen LogP contribution in [0.2, 0.25) is 0 Å². The van der Waals surface area contributed by atoms with E-state index >= 15 is 0 Å². The summed E-state index contributed by atoms with van der Waals surface area (Å²) in [6, 6.07) is 19.2. The highest BCUT2D eigenvalue weighted by Crippen LogP contribution is 2.35. The topological polar surface area (TPSA) is 148 Å². The Labute approximate surface area is 252 Å². The van der Waals surface area contributed by atoms with E-state index in [4.69, 9.17) is 29.3 Å². The Bertz CT molecular complexity index is 1600. The highest BCUT2D eigenvalue weighted by molar-refractivity contribution is 8.00. The Hall–Kier alpha value is -4.84. The van der Waals surface area contributed by atoms with Gasteiger partial charge in [-0.2, -0.15) is 0 Å². The van der Waals surface area contributed by atoms with Gasteiger partial charge in [-0.05, 0) is 62.5 Å². The van der Waals surface area contributed by atoms with Crippen molar-refractivity contribution in [2.24, 2.45) is 5.92 Å². The Morgan fingerprint density at radius 1 is 1.00 bits per heavy atom. The van der Waals surface area contributed by atoms with E-state index in [0.717, 1.165) is 11.3 Å². The normalized spacial score (nSPS) is 14.5. The monoisotopic (exact) mass is 605 g/mol. The van der Waals surface area contributed by atoms with Crippen LogP contribution in [0.4, 0.5) is 10.5 Å². The van der Waals surface area contributed by atoms with Gasteiger partial charge in [-0.25, -0.2) is 14.4 Å². The Morgan fingerprint density at radius 3 is 2.35 bits per heavy atom. The fourth-order valence-electron chi connectivity index (χ4n) is 4.24. The number of anilines is 1. The minimum atomic E-state index is -1.82. The largest absolute Gasteiger partial charge is 0.489 e. The van der Waals surface area contributed by atoms with Gasteiger partial charge in [0.15, 0.2) is 5.78 Å². The Morgan fingerprint density at radius 2 is 1.72 bits per heavy atom. The van der Waals surface area contributed by atoms with Gasteiger partial charge in [0.05, 0.1) is 23.3 Å². The average molecular weight is 606 g/mol. The molecule has 3 heterocycles. The van der Waals surface area contributed by atoms with Gasteiger partial charge in [0, 0.05) is 41.7 Å². The number of nitrogens with zero attached hydrogens (tertiary/aromatic N) is 3. The fourth-order valence-corrected chi connectivity index (χ4v) is 5.40. The van der Waals surface area contributed by atoms with Gasteiger partial charge >= 0.3 is 18.0 Å². The summed E-state index contributed by atoms with van der Waals surface area (Å²) >= 11 is 1.61. The summed E-state index contributed by atoms with van der Waals surface area (Å²) in [6.07, 6.45) is 4.61. The number of Topliss-reactive ketones (excluding diaryl/α,β-unsaturated/α-hetero) is 1. The van der Waals surface area contributed by atoms with E-state index in [9.17, 15) is 9.59 Å². The van der Waals surface area contributed by atoms with Gasteiger partial charge < -0.3 is 24.0 Å². The summed E-state index contributed by atoms with van der Waals surface area (Å²) in [5.41, 5.74) is 2.43. The third kappa shape index (κ3) is 8.13. The molecule has 1 unspecified atom stereocenters. The number of hydrogen-bond acceptors (Lipinski definition) is 9. The smallest absolute Gasteiger partial charge is 0.419 e. The van der Waals surface area contributed by atoms with Gasteiger partial charge in [-0.15, -0.1) is 0 Å². The maximum absolute atomic E-state index is 13.7. The summed E-state index contributed by atoms with van der Waals surface area (Å²) in [6.45, 7) is 6.43. The standard InChI is InChI=1S/C29H29N3O4S.C2H2O4/c1-29(2,3)36-28(34)31-17-25(27(33)21-16-32(37-19-21)22-10-7-13-30-15-22)24-12-11-23(14-26(24)31)35-18-20-8-5-4-6-9-20;3-1(4)2(5)6/h4-15,17,21H,16,18-19H2,1-3H3;(H,3,4)(H,5,6). The third-order valence-corrected chi connectivity index (χ3v) is 7.41. The molecule has 12 heteroatoms. The lowest BCUT2D eigenvalue weighted by Gasteiger charge is -2.19. The van der Waals surface area contributed by atoms with Gasteiger partial charge in [0.1, 0.15) is 18.0 Å². The number of carboxylic acid groups (broad SMARTS) is 2. The molecule has 1 aliphatic rings. The first kappa shape index (κ1) is 31.1. The molecule has 43 heavy (non-hydrogen) atoms. The molecule has 0 spiro atoms. The SMILES string of the molecule is CC(C)(C)OC(=O)n1cc(C(=O)C2CSN(c3cccnc3)C2)c2ccc(OCc3ccccc3)cc21.O=C(O)C(=O)O. The highest BCUT2D eigenvalue weighted by atomic mass is 32.2. The lowest BCUT2D eigenvalue weighted by Crippen LogP contribution is -2.27. The van der Waals surface area contributed by atoms with Crippen molar-refractivity contribution in [2.45, 2.75) is 33.0 Å². The second kappa shape index (κ2) is 13.4. The van der Waals surface area contributed by atoms with E-state index in [0.29, 0.717) is 41.1 Å². The van der Waals surface area contributed by atoms with Crippen LogP contribution < -0.4 is 9.04 Å². The second-order valence-corrected chi connectivity index (χ2v) is 11.6. The highest BCUT2D eigenvalue weighted by Gasteiger charge is 2.33. The molecule has 2 N–H and O–H groups in total. The lowest BCUT2D eigenvalue weighted by atomic mass is 9.98. The molecule has 1 fully saturated rings. The van der Waals surface area contributed by atoms with Gasteiger partial charge in [0.25, 0.3) is 0 Å². The molecule has 0 saturated carbocycles. The van der Waals surface area contributed by atoms with Crippen LogP contribution in [0.1, 0.15) is 36.7 Å². The molecule has 5 rings (SSSR count). The van der Waals surface area contributed by atoms with E-state index in [1.807, 2.05) is 75.4 Å². The molecule has 224 valence electrons. The Kier molecular flexibility index (Phi) is 9.71. The zero-order valence-electron chi connectivity index (χ0n) is 23.8. The van der Waals surface area contributed by atoms with Crippen LogP contribution >= 0.6 is 11.9 Å². The number of benzene rings is 2. The number of ether oxygens (including phenoxy) is 2. The molecule has 2 aromatic carbocycles. The molecule has 11 nitrogen and oxygen atoms in total. The number of pyridine rings is 1. The lowest BCUT2D eigenvalue weighted by molar-refractivity contribution is -0.159. The van der Waals surface area contributed by atoms with Gasteiger partial charge in [-0.3, -0.25) is 14.3 Å². The van der Waals surface area contributed by atoms with E-state index in [-0.39, 0.29) is 11.7 Å². The van der Waals surface area contributed by atoms with E-state index < -0.39 is 23.6 Å². The molecule has 0 amide bonds. The number of carbonyl (C=O) groups is 4. The van der Waals surface area contributed by atoms with Crippen molar-refractivity contribution in [1.29, 1.82) is 0 Å². The van der Waals surface area contributed by atoms with E-state index in [1.165, 1.54) is 4.57 Å². The molecule has 0 radical (unpaired) electrons. The minimum Gasteiger partial charge on any atom is -0.489 e. The first-order valence-electron chi connectivity index (χ1n) is 13.3. The zero-order chi connectivity index (χ0) is 31.1. The van der Waals surface area contributed by atoms with Crippen molar-refractivity contribution in [1.82, 2.24) is 9.55 Å². The maximum atomic E-state index is 13.7. The molecule has 1 atom stereocenters. The van der Waals surface area contributed by atoms with Crippen molar-refractivity contribution < 1.29 is 38.9 Å². The number of aliphatic carboxylic acids is 2. The molecule has 0 bridgehead atoms. The van der Waals surface area contributed by atoms with Gasteiger partial charge in [0.2, 0.25) is 0 Å².